The van der Waals surface area contributed by atoms with Gasteiger partial charge >= 0.3 is 0 Å². The summed E-state index contributed by atoms with van der Waals surface area (Å²) in [6.45, 7) is 5.71. The molecule has 0 spiro atoms. The lowest BCUT2D eigenvalue weighted by Gasteiger charge is -2.35. The van der Waals surface area contributed by atoms with Gasteiger partial charge in [-0.3, -0.25) is 9.89 Å². The Morgan fingerprint density at radius 3 is 2.82 bits per heavy atom. The summed E-state index contributed by atoms with van der Waals surface area (Å²) in [5.41, 5.74) is 0. The molecule has 0 aromatic carbocycles. The number of nitrogens with one attached hydrogen (secondary N) is 2. The SMILES string of the molecule is CCN1CCCCC1CNC(=NC)NC1CCCC(SC)C1. The van der Waals surface area contributed by atoms with Crippen molar-refractivity contribution in [2.75, 3.05) is 32.9 Å². The molecule has 2 aliphatic rings. The fourth-order valence-electron chi connectivity index (χ4n) is 3.80. The van der Waals surface area contributed by atoms with Crippen LogP contribution in [-0.2, 0) is 0 Å². The lowest BCUT2D eigenvalue weighted by Crippen LogP contribution is -2.51. The molecule has 0 aromatic heterocycles. The van der Waals surface area contributed by atoms with Crippen molar-refractivity contribution in [3.05, 3.63) is 0 Å². The average molecular weight is 327 g/mol. The normalized spacial score (nSPS) is 31.0. The maximum Gasteiger partial charge on any atom is 0.191 e. The maximum absolute atomic E-state index is 4.44. The Morgan fingerprint density at radius 1 is 1.23 bits per heavy atom. The summed E-state index contributed by atoms with van der Waals surface area (Å²) in [4.78, 5) is 7.04. The van der Waals surface area contributed by atoms with Crippen molar-refractivity contribution in [3.8, 4) is 0 Å². The van der Waals surface area contributed by atoms with Crippen LogP contribution in [0.15, 0.2) is 4.99 Å². The summed E-state index contributed by atoms with van der Waals surface area (Å²) in [7, 11) is 1.89. The monoisotopic (exact) mass is 326 g/mol. The van der Waals surface area contributed by atoms with Gasteiger partial charge in [0.1, 0.15) is 0 Å². The summed E-state index contributed by atoms with van der Waals surface area (Å²) in [6.07, 6.45) is 11.5. The highest BCUT2D eigenvalue weighted by atomic mass is 32.2. The number of hydrogen-bond donors (Lipinski definition) is 2. The number of piperidine rings is 1. The van der Waals surface area contributed by atoms with E-state index in [1.165, 1.54) is 51.5 Å². The van der Waals surface area contributed by atoms with Gasteiger partial charge in [0.05, 0.1) is 0 Å². The molecular formula is C17H34N4S. The predicted octanol–water partition coefficient (Wildman–Crippen LogP) is 2.70. The van der Waals surface area contributed by atoms with E-state index >= 15 is 0 Å². The summed E-state index contributed by atoms with van der Waals surface area (Å²) >= 11 is 2.02. The molecule has 4 nitrogen and oxygen atoms in total. The van der Waals surface area contributed by atoms with Crippen LogP contribution in [0.25, 0.3) is 0 Å². The Kier molecular flexibility index (Phi) is 7.87. The zero-order valence-electron chi connectivity index (χ0n) is 14.6. The largest absolute Gasteiger partial charge is 0.355 e. The second-order valence-electron chi connectivity index (χ2n) is 6.60. The Morgan fingerprint density at radius 2 is 2.09 bits per heavy atom. The first-order chi connectivity index (χ1) is 10.8. The minimum Gasteiger partial charge on any atom is -0.355 e. The van der Waals surface area contributed by atoms with Gasteiger partial charge in [0, 0.05) is 30.9 Å². The zero-order valence-corrected chi connectivity index (χ0v) is 15.4. The van der Waals surface area contributed by atoms with Crippen LogP contribution in [0.3, 0.4) is 0 Å². The van der Waals surface area contributed by atoms with E-state index in [9.17, 15) is 0 Å². The van der Waals surface area contributed by atoms with Crippen LogP contribution < -0.4 is 10.6 Å². The van der Waals surface area contributed by atoms with Crippen LogP contribution in [0.4, 0.5) is 0 Å². The van der Waals surface area contributed by atoms with Gasteiger partial charge in [-0.1, -0.05) is 19.8 Å². The molecule has 2 rings (SSSR count). The van der Waals surface area contributed by atoms with E-state index in [1.54, 1.807) is 0 Å². The standard InChI is InChI=1S/C17H34N4S/c1-4-21-11-6-5-9-15(21)13-19-17(18-2)20-14-8-7-10-16(12-14)22-3/h14-16H,4-13H2,1-3H3,(H2,18,19,20). The predicted molar refractivity (Wildman–Crippen MR) is 98.9 cm³/mol. The Bertz CT molecular complexity index is 348. The molecule has 1 aliphatic heterocycles. The average Bonchev–Trinajstić information content (AvgIpc) is 2.59. The molecule has 2 fully saturated rings. The minimum atomic E-state index is 0.589. The number of guanidine groups is 1. The second-order valence-corrected chi connectivity index (χ2v) is 7.73. The molecule has 0 aromatic rings. The number of nitrogens with zero attached hydrogens (tertiary/aromatic N) is 2. The quantitative estimate of drug-likeness (QED) is 0.602. The molecule has 0 radical (unpaired) electrons. The first-order valence-corrected chi connectivity index (χ1v) is 10.3. The fraction of sp³-hybridized carbons (Fsp3) is 0.941. The highest BCUT2D eigenvalue weighted by Crippen LogP contribution is 2.26. The lowest BCUT2D eigenvalue weighted by molar-refractivity contribution is 0.157. The smallest absolute Gasteiger partial charge is 0.191 e. The van der Waals surface area contributed by atoms with E-state index in [0.29, 0.717) is 12.1 Å². The molecule has 3 unspecified atom stereocenters. The molecule has 2 N–H and O–H groups in total. The van der Waals surface area contributed by atoms with Gasteiger partial charge in [-0.15, -0.1) is 0 Å². The summed E-state index contributed by atoms with van der Waals surface area (Å²) < 4.78 is 0. The molecule has 5 heteroatoms. The summed E-state index contributed by atoms with van der Waals surface area (Å²) in [5.74, 6) is 0.994. The van der Waals surface area contributed by atoms with Crippen LogP contribution in [-0.4, -0.2) is 61.1 Å². The highest BCUT2D eigenvalue weighted by molar-refractivity contribution is 7.99. The highest BCUT2D eigenvalue weighted by Gasteiger charge is 2.23. The summed E-state index contributed by atoms with van der Waals surface area (Å²) in [5, 5.41) is 8.04. The van der Waals surface area contributed by atoms with Gasteiger partial charge < -0.3 is 10.6 Å². The van der Waals surface area contributed by atoms with E-state index in [2.05, 4.69) is 33.7 Å². The van der Waals surface area contributed by atoms with Crippen LogP contribution in [0.2, 0.25) is 0 Å². The van der Waals surface area contributed by atoms with Gasteiger partial charge in [0.25, 0.3) is 0 Å². The number of hydrogen-bond acceptors (Lipinski definition) is 3. The minimum absolute atomic E-state index is 0.589. The van der Waals surface area contributed by atoms with E-state index in [4.69, 9.17) is 0 Å². The summed E-state index contributed by atoms with van der Waals surface area (Å²) in [6, 6.07) is 1.26. The van der Waals surface area contributed by atoms with Crippen LogP contribution in [0, 0.1) is 0 Å². The van der Waals surface area contributed by atoms with Crippen LogP contribution in [0.1, 0.15) is 51.9 Å². The molecule has 22 heavy (non-hydrogen) atoms. The maximum atomic E-state index is 4.44. The van der Waals surface area contributed by atoms with Gasteiger partial charge in [-0.25, -0.2) is 0 Å². The van der Waals surface area contributed by atoms with Crippen LogP contribution in [0.5, 0.6) is 0 Å². The molecular weight excluding hydrogens is 292 g/mol. The first kappa shape index (κ1) is 17.9. The van der Waals surface area contributed by atoms with Crippen molar-refractivity contribution in [1.82, 2.24) is 15.5 Å². The molecule has 128 valence electrons. The third-order valence-electron chi connectivity index (χ3n) is 5.18. The molecule has 1 aliphatic carbocycles. The van der Waals surface area contributed by atoms with E-state index in [0.717, 1.165) is 24.3 Å². The van der Waals surface area contributed by atoms with Crippen molar-refractivity contribution in [3.63, 3.8) is 0 Å². The van der Waals surface area contributed by atoms with E-state index < -0.39 is 0 Å². The Balaban J connectivity index is 1.77. The van der Waals surface area contributed by atoms with Crippen molar-refractivity contribution < 1.29 is 0 Å². The van der Waals surface area contributed by atoms with Gasteiger partial charge in [0.2, 0.25) is 0 Å². The fourth-order valence-corrected chi connectivity index (χ4v) is 4.63. The van der Waals surface area contributed by atoms with Gasteiger partial charge in [-0.2, -0.15) is 11.8 Å². The second kappa shape index (κ2) is 9.66. The number of aliphatic imine (C=N–C) groups is 1. The third kappa shape index (κ3) is 5.34. The van der Waals surface area contributed by atoms with Crippen molar-refractivity contribution in [1.29, 1.82) is 0 Å². The number of likely N-dealkylation sites (tertiary alicyclic amines) is 1. The Labute approximate surface area is 140 Å². The molecule has 1 heterocycles. The zero-order chi connectivity index (χ0) is 15.8. The lowest BCUT2D eigenvalue weighted by atomic mass is 9.95. The Hall–Kier alpha value is -0.420. The number of thioether (sulfide) groups is 1. The third-order valence-corrected chi connectivity index (χ3v) is 6.28. The first-order valence-electron chi connectivity index (χ1n) is 9.00. The van der Waals surface area contributed by atoms with Crippen molar-refractivity contribution in [2.45, 2.75) is 69.2 Å². The van der Waals surface area contributed by atoms with Crippen molar-refractivity contribution >= 4 is 17.7 Å². The molecule has 0 bridgehead atoms. The van der Waals surface area contributed by atoms with E-state index in [-0.39, 0.29) is 0 Å². The van der Waals surface area contributed by atoms with Crippen molar-refractivity contribution in [2.24, 2.45) is 4.99 Å². The van der Waals surface area contributed by atoms with Gasteiger partial charge in [0.15, 0.2) is 5.96 Å². The molecule has 0 amide bonds. The van der Waals surface area contributed by atoms with E-state index in [1.807, 2.05) is 18.8 Å². The van der Waals surface area contributed by atoms with Crippen LogP contribution >= 0.6 is 11.8 Å². The molecule has 3 atom stereocenters. The topological polar surface area (TPSA) is 39.7 Å². The molecule has 1 saturated carbocycles. The number of rotatable bonds is 5. The molecule has 1 saturated heterocycles. The number of likely N-dealkylation sites (N-methyl/N-ethyl adjacent to an activating group) is 1. The van der Waals surface area contributed by atoms with Gasteiger partial charge in [-0.05, 0) is 51.4 Å².